The smallest absolute Gasteiger partial charge is 0.296 e. The third-order valence-electron chi connectivity index (χ3n) is 2.80. The molecule has 21 heavy (non-hydrogen) atoms. The molecule has 0 spiro atoms. The maximum Gasteiger partial charge on any atom is 0.340 e. The Morgan fingerprint density at radius 1 is 1.19 bits per heavy atom. The van der Waals surface area contributed by atoms with E-state index in [4.69, 9.17) is 11.6 Å². The van der Waals surface area contributed by atoms with Crippen LogP contribution in [0.5, 0.6) is 0 Å². The maximum atomic E-state index is 12.4. The lowest BCUT2D eigenvalue weighted by atomic mass is 10.3. The molecule has 2 heterocycles. The van der Waals surface area contributed by atoms with E-state index in [2.05, 4.69) is 4.98 Å². The number of nitrogens with zero attached hydrogens (tertiary/aromatic N) is 3. The standard InChI is InChI=1S/C13H8ClN3O2.C2H6/c14-11-7-15-12-6-10(8-18)16(13(19)17(11)12)9-4-2-1-3-5-9;1-2/h1-8H;1-2H3. The van der Waals surface area contributed by atoms with Gasteiger partial charge in [0.1, 0.15) is 10.8 Å². The first-order chi connectivity index (χ1) is 10.2. The number of aldehydes is 1. The van der Waals surface area contributed by atoms with Gasteiger partial charge in [0.25, 0.3) is 0 Å². The molecule has 108 valence electrons. The van der Waals surface area contributed by atoms with Crippen LogP contribution >= 0.6 is 11.6 Å². The van der Waals surface area contributed by atoms with Gasteiger partial charge in [-0.15, -0.1) is 0 Å². The van der Waals surface area contributed by atoms with Crippen molar-refractivity contribution in [3.63, 3.8) is 0 Å². The number of hydrogen-bond acceptors (Lipinski definition) is 3. The lowest BCUT2D eigenvalue weighted by Crippen LogP contribution is -2.27. The quantitative estimate of drug-likeness (QED) is 0.684. The summed E-state index contributed by atoms with van der Waals surface area (Å²) >= 11 is 5.93. The molecular formula is C15H14ClN3O2. The molecule has 0 amide bonds. The fourth-order valence-electron chi connectivity index (χ4n) is 1.97. The molecule has 2 aromatic heterocycles. The molecule has 1 aromatic carbocycles. The molecular weight excluding hydrogens is 290 g/mol. The molecule has 0 aliphatic rings. The minimum atomic E-state index is -0.423. The second-order valence-electron chi connectivity index (χ2n) is 3.92. The number of carbonyl (C=O) groups is 1. The number of hydrogen-bond donors (Lipinski definition) is 0. The maximum absolute atomic E-state index is 12.4. The highest BCUT2D eigenvalue weighted by Crippen LogP contribution is 2.13. The Balaban J connectivity index is 0.000000774. The van der Waals surface area contributed by atoms with E-state index in [9.17, 15) is 9.59 Å². The molecule has 5 nitrogen and oxygen atoms in total. The number of benzene rings is 1. The van der Waals surface area contributed by atoms with Crippen LogP contribution < -0.4 is 5.69 Å². The zero-order chi connectivity index (χ0) is 15.4. The summed E-state index contributed by atoms with van der Waals surface area (Å²) in [5, 5.41) is 0.210. The van der Waals surface area contributed by atoms with Gasteiger partial charge in [0.15, 0.2) is 6.29 Å². The fraction of sp³-hybridized carbons (Fsp3) is 0.133. The Bertz CT molecular complexity index is 822. The predicted octanol–water partition coefficient (Wildman–Crippen LogP) is 2.98. The number of aromatic nitrogens is 3. The molecule has 0 aliphatic heterocycles. The number of carbonyl (C=O) groups excluding carboxylic acids is 1. The third-order valence-corrected chi connectivity index (χ3v) is 3.07. The number of halogens is 1. The average Bonchev–Trinajstić information content (AvgIpc) is 2.91. The highest BCUT2D eigenvalue weighted by atomic mass is 35.5. The Morgan fingerprint density at radius 2 is 1.86 bits per heavy atom. The van der Waals surface area contributed by atoms with E-state index >= 15 is 0 Å². The molecule has 0 unspecified atom stereocenters. The van der Waals surface area contributed by atoms with Crippen LogP contribution in [0.3, 0.4) is 0 Å². The molecule has 6 heteroatoms. The molecule has 0 atom stereocenters. The van der Waals surface area contributed by atoms with Crippen molar-refractivity contribution in [3.8, 4) is 5.69 Å². The fourth-order valence-corrected chi connectivity index (χ4v) is 2.17. The van der Waals surface area contributed by atoms with E-state index in [0.29, 0.717) is 17.6 Å². The first kappa shape index (κ1) is 15.0. The van der Waals surface area contributed by atoms with Crippen LogP contribution in [0, 0.1) is 0 Å². The van der Waals surface area contributed by atoms with E-state index in [0.717, 1.165) is 0 Å². The summed E-state index contributed by atoms with van der Waals surface area (Å²) in [6.07, 6.45) is 2.00. The van der Waals surface area contributed by atoms with Gasteiger partial charge >= 0.3 is 5.69 Å². The van der Waals surface area contributed by atoms with Crippen molar-refractivity contribution in [2.75, 3.05) is 0 Å². The molecule has 3 aromatic rings. The summed E-state index contributed by atoms with van der Waals surface area (Å²) in [5.74, 6) is 0. The van der Waals surface area contributed by atoms with E-state index < -0.39 is 5.69 Å². The molecule has 0 saturated heterocycles. The van der Waals surface area contributed by atoms with Crippen LogP contribution in [0.4, 0.5) is 0 Å². The molecule has 0 fully saturated rings. The van der Waals surface area contributed by atoms with Gasteiger partial charge in [0.2, 0.25) is 0 Å². The van der Waals surface area contributed by atoms with Crippen molar-refractivity contribution in [1.29, 1.82) is 0 Å². The molecule has 0 N–H and O–H groups in total. The zero-order valence-electron chi connectivity index (χ0n) is 11.7. The van der Waals surface area contributed by atoms with Gasteiger partial charge < -0.3 is 0 Å². The second-order valence-corrected chi connectivity index (χ2v) is 4.30. The molecule has 0 bridgehead atoms. The Kier molecular flexibility index (Phi) is 4.55. The van der Waals surface area contributed by atoms with Crippen LogP contribution in [0.25, 0.3) is 11.3 Å². The normalized spacial score (nSPS) is 10.0. The monoisotopic (exact) mass is 303 g/mol. The highest BCUT2D eigenvalue weighted by Gasteiger charge is 2.13. The van der Waals surface area contributed by atoms with E-state index in [1.807, 2.05) is 19.9 Å². The zero-order valence-corrected chi connectivity index (χ0v) is 12.4. The largest absolute Gasteiger partial charge is 0.340 e. The molecule has 0 saturated carbocycles. The number of imidazole rings is 1. The molecule has 0 radical (unpaired) electrons. The first-order valence-corrected chi connectivity index (χ1v) is 6.90. The summed E-state index contributed by atoms with van der Waals surface area (Å²) in [4.78, 5) is 27.6. The minimum Gasteiger partial charge on any atom is -0.296 e. The lowest BCUT2D eigenvalue weighted by molar-refractivity contribution is 0.111. The van der Waals surface area contributed by atoms with E-state index in [-0.39, 0.29) is 10.8 Å². The molecule has 3 rings (SSSR count). The third kappa shape index (κ3) is 2.60. The van der Waals surface area contributed by atoms with Gasteiger partial charge in [-0.3, -0.25) is 9.36 Å². The number of fused-ring (bicyclic) bond motifs is 1. The Hall–Kier alpha value is -2.40. The van der Waals surface area contributed by atoms with Crippen LogP contribution in [0.2, 0.25) is 5.15 Å². The van der Waals surface area contributed by atoms with Crippen molar-refractivity contribution in [2.45, 2.75) is 13.8 Å². The Labute approximate surface area is 126 Å². The Morgan fingerprint density at radius 3 is 2.48 bits per heavy atom. The van der Waals surface area contributed by atoms with Crippen LogP contribution in [0.1, 0.15) is 24.3 Å². The van der Waals surface area contributed by atoms with Gasteiger partial charge in [-0.2, -0.15) is 0 Å². The van der Waals surface area contributed by atoms with Gasteiger partial charge in [0, 0.05) is 6.07 Å². The van der Waals surface area contributed by atoms with Gasteiger partial charge in [0.05, 0.1) is 17.6 Å². The minimum absolute atomic E-state index is 0.210. The number of para-hydroxylation sites is 1. The van der Waals surface area contributed by atoms with Crippen molar-refractivity contribution in [2.24, 2.45) is 0 Å². The summed E-state index contributed by atoms with van der Waals surface area (Å²) in [5.41, 5.74) is 0.754. The second kappa shape index (κ2) is 6.37. The first-order valence-electron chi connectivity index (χ1n) is 6.52. The van der Waals surface area contributed by atoms with Gasteiger partial charge in [-0.05, 0) is 12.1 Å². The van der Waals surface area contributed by atoms with Crippen LogP contribution in [-0.4, -0.2) is 20.2 Å². The average molecular weight is 304 g/mol. The van der Waals surface area contributed by atoms with Crippen LogP contribution in [-0.2, 0) is 0 Å². The highest BCUT2D eigenvalue weighted by molar-refractivity contribution is 6.29. The van der Waals surface area contributed by atoms with E-state index in [1.165, 1.54) is 21.2 Å². The lowest BCUT2D eigenvalue weighted by Gasteiger charge is -2.09. The summed E-state index contributed by atoms with van der Waals surface area (Å²) in [6.45, 7) is 4.00. The summed E-state index contributed by atoms with van der Waals surface area (Å²) < 4.78 is 2.55. The summed E-state index contributed by atoms with van der Waals surface area (Å²) in [6, 6.07) is 10.4. The number of rotatable bonds is 2. The topological polar surface area (TPSA) is 56.4 Å². The van der Waals surface area contributed by atoms with Gasteiger partial charge in [-0.1, -0.05) is 43.6 Å². The van der Waals surface area contributed by atoms with Crippen LogP contribution in [0.15, 0.2) is 47.4 Å². The summed E-state index contributed by atoms with van der Waals surface area (Å²) in [7, 11) is 0. The van der Waals surface area contributed by atoms with Crippen molar-refractivity contribution >= 4 is 23.5 Å². The SMILES string of the molecule is CC.O=Cc1cc2ncc(Cl)n2c(=O)n1-c1ccccc1. The predicted molar refractivity (Wildman–Crippen MR) is 82.5 cm³/mol. The van der Waals surface area contributed by atoms with E-state index in [1.54, 1.807) is 24.3 Å². The molecule has 0 aliphatic carbocycles. The van der Waals surface area contributed by atoms with Crippen molar-refractivity contribution < 1.29 is 4.79 Å². The van der Waals surface area contributed by atoms with Crippen molar-refractivity contribution in [1.82, 2.24) is 14.0 Å². The van der Waals surface area contributed by atoms with Crippen molar-refractivity contribution in [3.05, 3.63) is 63.9 Å². The van der Waals surface area contributed by atoms with Gasteiger partial charge in [-0.25, -0.2) is 14.2 Å².